The Bertz CT molecular complexity index is 1120. The molecule has 1 atom stereocenters. The van der Waals surface area contributed by atoms with E-state index in [1.165, 1.54) is 0 Å². The fourth-order valence-electron chi connectivity index (χ4n) is 4.30. The molecule has 31 heavy (non-hydrogen) atoms. The summed E-state index contributed by atoms with van der Waals surface area (Å²) in [6, 6.07) is 5.26. The van der Waals surface area contributed by atoms with Gasteiger partial charge < -0.3 is 23.5 Å². The number of pyridine rings is 1. The lowest BCUT2D eigenvalue weighted by atomic mass is 10.1. The maximum atomic E-state index is 15.5. The van der Waals surface area contributed by atoms with Gasteiger partial charge in [0.2, 0.25) is 0 Å². The highest BCUT2D eigenvalue weighted by atomic mass is 19.1. The predicted molar refractivity (Wildman–Crippen MR) is 119 cm³/mol. The van der Waals surface area contributed by atoms with Gasteiger partial charge in [-0.1, -0.05) is 6.92 Å². The molecule has 0 unspecified atom stereocenters. The van der Waals surface area contributed by atoms with Crippen molar-refractivity contribution < 1.29 is 13.9 Å². The van der Waals surface area contributed by atoms with Gasteiger partial charge in [-0.3, -0.25) is 4.79 Å². The molecule has 0 saturated carbocycles. The quantitative estimate of drug-likeness (QED) is 0.603. The summed E-state index contributed by atoms with van der Waals surface area (Å²) in [7, 11) is 3.36. The van der Waals surface area contributed by atoms with E-state index in [-0.39, 0.29) is 17.4 Å². The number of benzene rings is 1. The smallest absolute Gasteiger partial charge is 0.253 e. The molecule has 1 aliphatic heterocycles. The van der Waals surface area contributed by atoms with E-state index in [1.54, 1.807) is 37.9 Å². The number of morpholine rings is 1. The number of anilines is 1. The molecule has 0 N–H and O–H groups in total. The first-order chi connectivity index (χ1) is 14.9. The molecule has 0 amide bonds. The van der Waals surface area contributed by atoms with E-state index in [9.17, 15) is 4.79 Å². The van der Waals surface area contributed by atoms with Crippen LogP contribution < -0.4 is 10.5 Å². The van der Waals surface area contributed by atoms with Crippen molar-refractivity contribution in [1.29, 1.82) is 0 Å². The Morgan fingerprint density at radius 2 is 2.00 bits per heavy atom. The average molecular weight is 429 g/mol. The number of ether oxygens (including phenoxy) is 2. The van der Waals surface area contributed by atoms with Crippen molar-refractivity contribution in [2.24, 2.45) is 7.05 Å². The van der Waals surface area contributed by atoms with Crippen LogP contribution in [0.1, 0.15) is 24.9 Å². The zero-order valence-electron chi connectivity index (χ0n) is 18.5. The van der Waals surface area contributed by atoms with Crippen LogP contribution in [0.3, 0.4) is 0 Å². The molecule has 3 heterocycles. The molecule has 8 heteroatoms. The molecule has 0 radical (unpaired) electrons. The summed E-state index contributed by atoms with van der Waals surface area (Å²) in [5.74, 6) is 0.324. The molecule has 1 fully saturated rings. The Morgan fingerprint density at radius 1 is 1.26 bits per heavy atom. The van der Waals surface area contributed by atoms with Crippen LogP contribution in [0.25, 0.3) is 22.4 Å². The standard InChI is InChI=1S/C23H29FN4O3/c1-5-17(14-30-4)28-21-19(24)11-18(27-6-8-31-9-7-27)12-20(21)25-22(28)16-10-15(2)23(29)26(3)13-16/h10-13,17H,5-9,14H2,1-4H3/t17-/m0/s1. The van der Waals surface area contributed by atoms with Crippen molar-refractivity contribution in [3.63, 3.8) is 0 Å². The predicted octanol–water partition coefficient (Wildman–Crippen LogP) is 3.28. The van der Waals surface area contributed by atoms with E-state index >= 15 is 4.39 Å². The maximum absolute atomic E-state index is 15.5. The van der Waals surface area contributed by atoms with Crippen molar-refractivity contribution in [3.05, 3.63) is 46.1 Å². The second-order valence-electron chi connectivity index (χ2n) is 8.05. The van der Waals surface area contributed by atoms with E-state index in [0.29, 0.717) is 42.2 Å². The summed E-state index contributed by atoms with van der Waals surface area (Å²) in [6.07, 6.45) is 2.51. The number of fused-ring (bicyclic) bond motifs is 1. The molecule has 0 aliphatic carbocycles. The van der Waals surface area contributed by atoms with Crippen LogP contribution in [-0.2, 0) is 16.5 Å². The van der Waals surface area contributed by atoms with E-state index < -0.39 is 0 Å². The van der Waals surface area contributed by atoms with Gasteiger partial charge in [0.25, 0.3) is 5.56 Å². The van der Waals surface area contributed by atoms with Crippen molar-refractivity contribution in [2.75, 3.05) is 44.9 Å². The first-order valence-electron chi connectivity index (χ1n) is 10.6. The number of methoxy groups -OCH3 is 1. The van der Waals surface area contributed by atoms with E-state index in [0.717, 1.165) is 30.8 Å². The van der Waals surface area contributed by atoms with Gasteiger partial charge in [-0.15, -0.1) is 0 Å². The Labute approximate surface area is 181 Å². The lowest BCUT2D eigenvalue weighted by Gasteiger charge is -2.29. The summed E-state index contributed by atoms with van der Waals surface area (Å²) < 4.78 is 29.9. The molecular formula is C23H29FN4O3. The number of hydrogen-bond donors (Lipinski definition) is 0. The summed E-state index contributed by atoms with van der Waals surface area (Å²) in [4.78, 5) is 19.2. The molecule has 1 saturated heterocycles. The zero-order valence-corrected chi connectivity index (χ0v) is 18.5. The lowest BCUT2D eigenvalue weighted by molar-refractivity contribution is 0.122. The van der Waals surface area contributed by atoms with Crippen LogP contribution in [0, 0.1) is 12.7 Å². The third-order valence-electron chi connectivity index (χ3n) is 5.92. The van der Waals surface area contributed by atoms with Crippen LogP contribution in [0.4, 0.5) is 10.1 Å². The second-order valence-corrected chi connectivity index (χ2v) is 8.05. The van der Waals surface area contributed by atoms with Crippen molar-refractivity contribution in [1.82, 2.24) is 14.1 Å². The highest BCUT2D eigenvalue weighted by molar-refractivity contribution is 5.85. The first-order valence-corrected chi connectivity index (χ1v) is 10.6. The molecule has 0 spiro atoms. The summed E-state index contributed by atoms with van der Waals surface area (Å²) in [5, 5.41) is 0. The third kappa shape index (κ3) is 3.97. The summed E-state index contributed by atoms with van der Waals surface area (Å²) >= 11 is 0. The van der Waals surface area contributed by atoms with Gasteiger partial charge in [-0.2, -0.15) is 0 Å². The Kier molecular flexibility index (Phi) is 6.11. The van der Waals surface area contributed by atoms with E-state index in [1.807, 2.05) is 23.6 Å². The van der Waals surface area contributed by atoms with Crippen LogP contribution >= 0.6 is 0 Å². The number of rotatable bonds is 6. The summed E-state index contributed by atoms with van der Waals surface area (Å²) in [6.45, 7) is 6.96. The third-order valence-corrected chi connectivity index (χ3v) is 5.92. The number of aryl methyl sites for hydroxylation is 2. The van der Waals surface area contributed by atoms with Gasteiger partial charge in [0.05, 0.1) is 31.4 Å². The Morgan fingerprint density at radius 3 is 2.65 bits per heavy atom. The topological polar surface area (TPSA) is 61.5 Å². The van der Waals surface area contributed by atoms with Crippen molar-refractivity contribution >= 4 is 16.7 Å². The molecule has 1 aliphatic rings. The van der Waals surface area contributed by atoms with Gasteiger partial charge in [0.15, 0.2) is 5.82 Å². The Hall–Kier alpha value is -2.71. The number of aromatic nitrogens is 3. The molecule has 0 bridgehead atoms. The zero-order chi connectivity index (χ0) is 22.1. The van der Waals surface area contributed by atoms with Gasteiger partial charge >= 0.3 is 0 Å². The molecule has 4 rings (SSSR count). The maximum Gasteiger partial charge on any atom is 0.253 e. The minimum atomic E-state index is -0.311. The monoisotopic (exact) mass is 428 g/mol. The fraction of sp³-hybridized carbons (Fsp3) is 0.478. The SMILES string of the molecule is CC[C@@H](COC)n1c(-c2cc(C)c(=O)n(C)c2)nc2cc(N3CCOCC3)cc(F)c21. The van der Waals surface area contributed by atoms with Crippen molar-refractivity contribution in [2.45, 2.75) is 26.3 Å². The van der Waals surface area contributed by atoms with Gasteiger partial charge in [0.1, 0.15) is 11.3 Å². The highest BCUT2D eigenvalue weighted by Gasteiger charge is 2.24. The normalized spacial score (nSPS) is 15.6. The van der Waals surface area contributed by atoms with Crippen LogP contribution in [0.2, 0.25) is 0 Å². The lowest BCUT2D eigenvalue weighted by Crippen LogP contribution is -2.36. The minimum absolute atomic E-state index is 0.0591. The number of hydrogen-bond acceptors (Lipinski definition) is 5. The minimum Gasteiger partial charge on any atom is -0.383 e. The highest BCUT2D eigenvalue weighted by Crippen LogP contribution is 2.34. The summed E-state index contributed by atoms with van der Waals surface area (Å²) in [5.41, 5.74) is 3.20. The van der Waals surface area contributed by atoms with E-state index in [4.69, 9.17) is 14.5 Å². The van der Waals surface area contributed by atoms with Crippen molar-refractivity contribution in [3.8, 4) is 11.4 Å². The molecule has 1 aromatic carbocycles. The number of imidazole rings is 1. The molecule has 3 aromatic rings. The van der Waals surface area contributed by atoms with Gasteiger partial charge in [-0.25, -0.2) is 9.37 Å². The largest absolute Gasteiger partial charge is 0.383 e. The van der Waals surface area contributed by atoms with Gasteiger partial charge in [0, 0.05) is 50.3 Å². The molecule has 2 aromatic heterocycles. The van der Waals surface area contributed by atoms with Gasteiger partial charge in [-0.05, 0) is 31.5 Å². The average Bonchev–Trinajstić information content (AvgIpc) is 3.16. The molecular weight excluding hydrogens is 399 g/mol. The Balaban J connectivity index is 1.95. The van der Waals surface area contributed by atoms with Crippen LogP contribution in [-0.4, -0.2) is 54.1 Å². The first kappa shape index (κ1) is 21.5. The fourth-order valence-corrected chi connectivity index (χ4v) is 4.30. The number of nitrogens with zero attached hydrogens (tertiary/aromatic N) is 4. The second kappa shape index (κ2) is 8.80. The van der Waals surface area contributed by atoms with Crippen LogP contribution in [0.15, 0.2) is 29.2 Å². The number of halogens is 1. The molecule has 7 nitrogen and oxygen atoms in total. The van der Waals surface area contributed by atoms with Crippen LogP contribution in [0.5, 0.6) is 0 Å². The van der Waals surface area contributed by atoms with E-state index in [2.05, 4.69) is 4.90 Å². The molecule has 166 valence electrons.